The second-order valence-corrected chi connectivity index (χ2v) is 7.95. The summed E-state index contributed by atoms with van der Waals surface area (Å²) in [7, 11) is 1.39. The van der Waals surface area contributed by atoms with E-state index in [4.69, 9.17) is 0 Å². The summed E-state index contributed by atoms with van der Waals surface area (Å²) < 4.78 is 43.2. The van der Waals surface area contributed by atoms with Crippen LogP contribution in [0.1, 0.15) is 36.8 Å². The molecule has 32 heavy (non-hydrogen) atoms. The number of alkyl halides is 3. The third kappa shape index (κ3) is 6.09. The lowest BCUT2D eigenvalue weighted by Crippen LogP contribution is -2.42. The Kier molecular flexibility index (Phi) is 7.55. The van der Waals surface area contributed by atoms with Gasteiger partial charge in [-0.1, -0.05) is 0 Å². The third-order valence-corrected chi connectivity index (χ3v) is 5.51. The van der Waals surface area contributed by atoms with E-state index >= 15 is 0 Å². The highest BCUT2D eigenvalue weighted by molar-refractivity contribution is 5.70. The highest BCUT2D eigenvalue weighted by atomic mass is 19.4. The largest absolute Gasteiger partial charge is 0.507 e. The molecule has 1 aliphatic heterocycles. The monoisotopic (exact) mass is 452 g/mol. The number of carbonyl (C=O) groups excluding carboxylic acids is 1. The molecule has 10 heteroatoms. The van der Waals surface area contributed by atoms with Gasteiger partial charge in [0.15, 0.2) is 0 Å². The normalized spacial score (nSPS) is 17.2. The topological polar surface area (TPSA) is 87.6 Å². The number of nitrogens with zero attached hydrogens (tertiary/aromatic N) is 3. The standard InChI is InChI=1S/C22H27F3N4O3/c1-14-11-19(26-16-5-3-9-29(13-16)10-4-6-20(31)32-2)27-28-21(14)17-8-7-15(12-18(17)30)22(23,24)25/h7-8,11-12,16,30H,3-6,9-10,13H2,1-2H3,(H,26,27)/t16-/m1/s1. The number of halogens is 3. The summed E-state index contributed by atoms with van der Waals surface area (Å²) >= 11 is 0. The summed E-state index contributed by atoms with van der Waals surface area (Å²) in [4.78, 5) is 13.6. The van der Waals surface area contributed by atoms with E-state index in [1.54, 1.807) is 13.0 Å². The van der Waals surface area contributed by atoms with Crippen molar-refractivity contribution in [2.24, 2.45) is 0 Å². The Morgan fingerprint density at radius 2 is 2.09 bits per heavy atom. The first kappa shape index (κ1) is 23.8. The Labute approximate surface area is 184 Å². The first-order valence-corrected chi connectivity index (χ1v) is 10.5. The minimum Gasteiger partial charge on any atom is -0.507 e. The number of esters is 1. The molecule has 0 aliphatic carbocycles. The van der Waals surface area contributed by atoms with Crippen LogP contribution in [-0.2, 0) is 15.7 Å². The summed E-state index contributed by atoms with van der Waals surface area (Å²) in [5, 5.41) is 21.8. The van der Waals surface area contributed by atoms with Crippen molar-refractivity contribution in [3.05, 3.63) is 35.4 Å². The lowest BCUT2D eigenvalue weighted by Gasteiger charge is -2.33. The third-order valence-electron chi connectivity index (χ3n) is 5.51. The molecular formula is C22H27F3N4O3. The smallest absolute Gasteiger partial charge is 0.416 e. The van der Waals surface area contributed by atoms with Gasteiger partial charge < -0.3 is 20.1 Å². The molecule has 1 aromatic carbocycles. The van der Waals surface area contributed by atoms with Gasteiger partial charge in [-0.25, -0.2) is 0 Å². The van der Waals surface area contributed by atoms with Crippen LogP contribution in [0.25, 0.3) is 11.3 Å². The summed E-state index contributed by atoms with van der Waals surface area (Å²) in [6.45, 7) is 4.36. The predicted octanol–water partition coefficient (Wildman–Crippen LogP) is 4.01. The average molecular weight is 452 g/mol. The number of methoxy groups -OCH3 is 1. The van der Waals surface area contributed by atoms with Gasteiger partial charge in [-0.2, -0.15) is 13.2 Å². The number of ether oxygens (including phenoxy) is 1. The van der Waals surface area contributed by atoms with Crippen LogP contribution in [0.2, 0.25) is 0 Å². The summed E-state index contributed by atoms with van der Waals surface area (Å²) in [6.07, 6.45) is -1.41. The van der Waals surface area contributed by atoms with Crippen molar-refractivity contribution in [1.82, 2.24) is 15.1 Å². The summed E-state index contributed by atoms with van der Waals surface area (Å²) in [6, 6.07) is 4.75. The van der Waals surface area contributed by atoms with Gasteiger partial charge in [-0.15, -0.1) is 10.2 Å². The van der Waals surface area contributed by atoms with Gasteiger partial charge in [-0.3, -0.25) is 4.79 Å². The second kappa shape index (κ2) is 10.2. The van der Waals surface area contributed by atoms with Gasteiger partial charge in [0.25, 0.3) is 0 Å². The van der Waals surface area contributed by atoms with Gasteiger partial charge in [-0.05, 0) is 69.1 Å². The second-order valence-electron chi connectivity index (χ2n) is 7.95. The van der Waals surface area contributed by atoms with E-state index in [1.165, 1.54) is 13.2 Å². The van der Waals surface area contributed by atoms with E-state index in [2.05, 4.69) is 25.2 Å². The maximum atomic E-state index is 12.8. The number of hydrogen-bond acceptors (Lipinski definition) is 7. The molecule has 1 saturated heterocycles. The maximum absolute atomic E-state index is 12.8. The van der Waals surface area contributed by atoms with Crippen molar-refractivity contribution >= 4 is 11.8 Å². The number of piperidine rings is 1. The molecule has 3 rings (SSSR count). The minimum absolute atomic E-state index is 0.167. The molecule has 0 spiro atoms. The Bertz CT molecular complexity index is 953. The van der Waals surface area contributed by atoms with E-state index in [9.17, 15) is 23.1 Å². The number of aromatic nitrogens is 2. The van der Waals surface area contributed by atoms with Crippen molar-refractivity contribution in [3.63, 3.8) is 0 Å². The molecule has 2 aromatic rings. The van der Waals surface area contributed by atoms with Crippen molar-refractivity contribution in [3.8, 4) is 17.0 Å². The number of carbonyl (C=O) groups is 1. The predicted molar refractivity (Wildman–Crippen MR) is 113 cm³/mol. The Morgan fingerprint density at radius 3 is 2.75 bits per heavy atom. The van der Waals surface area contributed by atoms with Crippen LogP contribution in [0.4, 0.5) is 19.0 Å². The van der Waals surface area contributed by atoms with Crippen molar-refractivity contribution in [2.75, 3.05) is 32.1 Å². The molecule has 1 aliphatic rings. The summed E-state index contributed by atoms with van der Waals surface area (Å²) in [5.41, 5.74) is 0.290. The lowest BCUT2D eigenvalue weighted by molar-refractivity contribution is -0.141. The van der Waals surface area contributed by atoms with Gasteiger partial charge in [0.2, 0.25) is 0 Å². The first-order chi connectivity index (χ1) is 15.2. The highest BCUT2D eigenvalue weighted by Gasteiger charge is 2.31. The van der Waals surface area contributed by atoms with Crippen LogP contribution in [-0.4, -0.2) is 59.0 Å². The Hall–Kier alpha value is -2.88. The molecule has 1 fully saturated rings. The number of phenolic OH excluding ortho intramolecular Hbond substituents is 1. The lowest BCUT2D eigenvalue weighted by atomic mass is 10.0. The molecule has 1 atom stereocenters. The van der Waals surface area contributed by atoms with Crippen molar-refractivity contribution in [1.29, 1.82) is 0 Å². The SMILES string of the molecule is COC(=O)CCCN1CCC[C@@H](Nc2cc(C)c(-c3ccc(C(F)(F)F)cc3O)nn2)C1. The summed E-state index contributed by atoms with van der Waals surface area (Å²) in [5.74, 6) is -0.131. The quantitative estimate of drug-likeness (QED) is 0.614. The number of aryl methyl sites for hydroxylation is 1. The molecule has 2 heterocycles. The van der Waals surface area contributed by atoms with Gasteiger partial charge in [0, 0.05) is 24.6 Å². The van der Waals surface area contributed by atoms with Crippen molar-refractivity contribution < 1.29 is 27.8 Å². The Morgan fingerprint density at radius 1 is 1.31 bits per heavy atom. The van der Waals surface area contributed by atoms with E-state index in [-0.39, 0.29) is 17.6 Å². The first-order valence-electron chi connectivity index (χ1n) is 10.5. The number of benzene rings is 1. The molecule has 0 amide bonds. The number of likely N-dealkylation sites (tertiary alicyclic amines) is 1. The number of anilines is 1. The molecule has 0 bridgehead atoms. The van der Waals surface area contributed by atoms with E-state index < -0.39 is 17.5 Å². The highest BCUT2D eigenvalue weighted by Crippen LogP contribution is 2.36. The fourth-order valence-corrected chi connectivity index (χ4v) is 3.86. The number of phenols is 1. The molecular weight excluding hydrogens is 425 g/mol. The fraction of sp³-hybridized carbons (Fsp3) is 0.500. The zero-order valence-electron chi connectivity index (χ0n) is 18.1. The number of hydrogen-bond donors (Lipinski definition) is 2. The van der Waals surface area contributed by atoms with Crippen LogP contribution in [0.15, 0.2) is 24.3 Å². The number of aromatic hydroxyl groups is 1. The fourth-order valence-electron chi connectivity index (χ4n) is 3.86. The van der Waals surface area contributed by atoms with Crippen LogP contribution < -0.4 is 5.32 Å². The number of nitrogens with one attached hydrogen (secondary N) is 1. The van der Waals surface area contributed by atoms with E-state index in [0.717, 1.165) is 45.0 Å². The van der Waals surface area contributed by atoms with Crippen molar-refractivity contribution in [2.45, 2.75) is 44.8 Å². The van der Waals surface area contributed by atoms with Crippen LogP contribution >= 0.6 is 0 Å². The average Bonchev–Trinajstić information content (AvgIpc) is 2.74. The van der Waals surface area contributed by atoms with Gasteiger partial charge in [0.1, 0.15) is 11.6 Å². The Balaban J connectivity index is 1.63. The van der Waals surface area contributed by atoms with E-state index in [1.807, 2.05) is 0 Å². The molecule has 1 aromatic heterocycles. The maximum Gasteiger partial charge on any atom is 0.416 e. The zero-order chi connectivity index (χ0) is 23.3. The molecule has 0 radical (unpaired) electrons. The molecule has 174 valence electrons. The molecule has 2 N–H and O–H groups in total. The zero-order valence-corrected chi connectivity index (χ0v) is 18.1. The van der Waals surface area contributed by atoms with E-state index in [0.29, 0.717) is 29.6 Å². The van der Waals surface area contributed by atoms with Crippen LogP contribution in [0.5, 0.6) is 5.75 Å². The van der Waals surface area contributed by atoms with Crippen LogP contribution in [0.3, 0.4) is 0 Å². The minimum atomic E-state index is -4.53. The number of rotatable bonds is 7. The van der Waals surface area contributed by atoms with Gasteiger partial charge >= 0.3 is 12.1 Å². The van der Waals surface area contributed by atoms with Crippen LogP contribution in [0, 0.1) is 6.92 Å². The molecule has 0 saturated carbocycles. The molecule has 0 unspecified atom stereocenters. The molecule has 7 nitrogen and oxygen atoms in total. The van der Waals surface area contributed by atoms with Gasteiger partial charge in [0.05, 0.1) is 18.4 Å².